The van der Waals surface area contributed by atoms with Crippen molar-refractivity contribution >= 4 is 39.7 Å². The maximum Gasteiger partial charge on any atom is 0.234 e. The summed E-state index contributed by atoms with van der Waals surface area (Å²) >= 11 is 0. The van der Waals surface area contributed by atoms with Gasteiger partial charge in [-0.3, -0.25) is 14.7 Å². The molecule has 0 aliphatic carbocycles. The van der Waals surface area contributed by atoms with Gasteiger partial charge < -0.3 is 29.9 Å². The highest BCUT2D eigenvalue weighted by Crippen LogP contribution is 2.41. The Morgan fingerprint density at radius 1 is 0.976 bits per heavy atom. The molecular formula is C30H37F2N7O3. The minimum Gasteiger partial charge on any atom is -0.378 e. The first kappa shape index (κ1) is 28.5. The number of carbonyl (C=O) groups excluding carboxylic acids is 1. The van der Waals surface area contributed by atoms with Crippen LogP contribution in [0.4, 0.5) is 31.7 Å². The molecule has 0 radical (unpaired) electrons. The lowest BCUT2D eigenvalue weighted by Crippen LogP contribution is -2.54. The van der Waals surface area contributed by atoms with Crippen LogP contribution in [-0.2, 0) is 19.8 Å². The fourth-order valence-electron chi connectivity index (χ4n) is 6.12. The number of morpholine rings is 2. The fourth-order valence-corrected chi connectivity index (χ4v) is 6.12. The van der Waals surface area contributed by atoms with Crippen molar-refractivity contribution in [3.63, 3.8) is 0 Å². The lowest BCUT2D eigenvalue weighted by atomic mass is 9.90. The highest BCUT2D eigenvalue weighted by Gasteiger charge is 2.36. The molecule has 3 aliphatic heterocycles. The van der Waals surface area contributed by atoms with Crippen molar-refractivity contribution in [2.45, 2.75) is 26.3 Å². The summed E-state index contributed by atoms with van der Waals surface area (Å²) in [6, 6.07) is 4.19. The van der Waals surface area contributed by atoms with Crippen LogP contribution in [0.5, 0.6) is 0 Å². The van der Waals surface area contributed by atoms with E-state index in [4.69, 9.17) is 19.4 Å². The summed E-state index contributed by atoms with van der Waals surface area (Å²) < 4.78 is 41.3. The smallest absolute Gasteiger partial charge is 0.234 e. The van der Waals surface area contributed by atoms with Gasteiger partial charge in [-0.15, -0.1) is 0 Å². The number of fused-ring (bicyclic) bond motifs is 1. The number of anilines is 4. The number of halogens is 2. The van der Waals surface area contributed by atoms with E-state index in [0.717, 1.165) is 30.7 Å². The van der Waals surface area contributed by atoms with Gasteiger partial charge in [0.25, 0.3) is 0 Å². The minimum absolute atomic E-state index is 0.0654. The van der Waals surface area contributed by atoms with Crippen LogP contribution in [0.2, 0.25) is 0 Å². The first-order valence-corrected chi connectivity index (χ1v) is 14.5. The van der Waals surface area contributed by atoms with Gasteiger partial charge in [-0.25, -0.2) is 13.8 Å². The number of nitrogens with zero attached hydrogens (tertiary/aromatic N) is 5. The Hall–Kier alpha value is -3.61. The van der Waals surface area contributed by atoms with Crippen LogP contribution < -0.4 is 20.4 Å². The molecule has 2 aromatic heterocycles. The number of aromatic nitrogens is 2. The predicted molar refractivity (Wildman–Crippen MR) is 158 cm³/mol. The largest absolute Gasteiger partial charge is 0.378 e. The molecule has 12 heteroatoms. The van der Waals surface area contributed by atoms with Gasteiger partial charge >= 0.3 is 0 Å². The lowest BCUT2D eigenvalue weighted by Gasteiger charge is -2.41. The van der Waals surface area contributed by atoms with E-state index >= 15 is 4.39 Å². The second-order valence-electron chi connectivity index (χ2n) is 11.5. The number of nitrogens with one attached hydrogen (secondary N) is 2. The van der Waals surface area contributed by atoms with Crippen molar-refractivity contribution in [3.8, 4) is 0 Å². The monoisotopic (exact) mass is 581 g/mol. The zero-order chi connectivity index (χ0) is 29.4. The highest BCUT2D eigenvalue weighted by atomic mass is 19.1. The van der Waals surface area contributed by atoms with E-state index in [-0.39, 0.29) is 23.4 Å². The molecule has 1 amide bonds. The maximum atomic E-state index is 15.6. The zero-order valence-electron chi connectivity index (χ0n) is 24.3. The molecule has 3 aliphatic rings. The molecule has 3 fully saturated rings. The van der Waals surface area contributed by atoms with Crippen LogP contribution in [0.15, 0.2) is 24.4 Å². The first-order chi connectivity index (χ1) is 20.2. The molecule has 0 spiro atoms. The molecule has 1 aromatic carbocycles. The number of hydrogen-bond acceptors (Lipinski definition) is 9. The third kappa shape index (κ3) is 5.46. The number of carbonyl (C=O) groups is 1. The van der Waals surface area contributed by atoms with Crippen molar-refractivity contribution in [3.05, 3.63) is 47.3 Å². The SMILES string of the molecule is Cc1c(C(C)(C)N2CCNC(=O)C2)nc2cc(F)cc(F)c2c1Nc1cc(N2CCOCC2)cnc1N1CCOCC1. The molecular weight excluding hydrogens is 544 g/mol. The van der Waals surface area contributed by atoms with Gasteiger partial charge in [0.15, 0.2) is 5.82 Å². The van der Waals surface area contributed by atoms with Crippen LogP contribution in [0.3, 0.4) is 0 Å². The molecule has 5 heterocycles. The Labute approximate surface area is 244 Å². The quantitative estimate of drug-likeness (QED) is 0.455. The number of pyridine rings is 2. The molecule has 0 atom stereocenters. The summed E-state index contributed by atoms with van der Waals surface area (Å²) in [4.78, 5) is 28.4. The van der Waals surface area contributed by atoms with Gasteiger partial charge in [-0.1, -0.05) is 0 Å². The average molecular weight is 582 g/mol. The van der Waals surface area contributed by atoms with E-state index in [1.54, 1.807) is 0 Å². The number of rotatable bonds is 6. The van der Waals surface area contributed by atoms with Gasteiger partial charge in [-0.05, 0) is 32.4 Å². The average Bonchev–Trinajstić information content (AvgIpc) is 2.99. The Kier molecular flexibility index (Phi) is 7.86. The summed E-state index contributed by atoms with van der Waals surface area (Å²) in [5.74, 6) is -0.733. The van der Waals surface area contributed by atoms with E-state index in [1.165, 1.54) is 6.07 Å². The van der Waals surface area contributed by atoms with Crippen molar-refractivity contribution < 1.29 is 23.0 Å². The fraction of sp³-hybridized carbons (Fsp3) is 0.500. The normalized spacial score (nSPS) is 18.8. The lowest BCUT2D eigenvalue weighted by molar-refractivity contribution is -0.126. The third-order valence-electron chi connectivity index (χ3n) is 8.45. The number of piperazine rings is 1. The van der Waals surface area contributed by atoms with Crippen LogP contribution in [0.25, 0.3) is 10.9 Å². The van der Waals surface area contributed by atoms with Crippen LogP contribution in [0.1, 0.15) is 25.1 Å². The number of amides is 1. The van der Waals surface area contributed by atoms with E-state index in [0.29, 0.717) is 75.2 Å². The van der Waals surface area contributed by atoms with Gasteiger partial charge in [0.05, 0.1) is 78.4 Å². The topological polar surface area (TPSA) is 95.1 Å². The Morgan fingerprint density at radius 3 is 2.36 bits per heavy atom. The zero-order valence-corrected chi connectivity index (χ0v) is 24.3. The van der Waals surface area contributed by atoms with E-state index in [9.17, 15) is 9.18 Å². The van der Waals surface area contributed by atoms with Gasteiger partial charge in [0, 0.05) is 51.4 Å². The van der Waals surface area contributed by atoms with Gasteiger partial charge in [-0.2, -0.15) is 0 Å². The Morgan fingerprint density at radius 2 is 1.67 bits per heavy atom. The first-order valence-electron chi connectivity index (χ1n) is 14.5. The van der Waals surface area contributed by atoms with Crippen molar-refractivity contribution in [2.75, 3.05) is 87.4 Å². The third-order valence-corrected chi connectivity index (χ3v) is 8.45. The summed E-state index contributed by atoms with van der Waals surface area (Å²) in [5.41, 5.74) is 3.00. The molecule has 42 heavy (non-hydrogen) atoms. The Balaban J connectivity index is 1.50. The molecule has 0 saturated carbocycles. The van der Waals surface area contributed by atoms with Gasteiger partial charge in [0.1, 0.15) is 11.6 Å². The molecule has 3 saturated heterocycles. The molecule has 6 rings (SSSR count). The molecule has 0 unspecified atom stereocenters. The molecule has 224 valence electrons. The second-order valence-corrected chi connectivity index (χ2v) is 11.5. The summed E-state index contributed by atoms with van der Waals surface area (Å²) in [7, 11) is 0. The van der Waals surface area contributed by atoms with Crippen LogP contribution >= 0.6 is 0 Å². The number of ether oxygens (including phenoxy) is 2. The number of benzene rings is 1. The standard InChI is InChI=1S/C30H37F2N7O3/c1-19-27(35-24-16-21(37-6-10-41-11-7-37)17-34-29(24)38-8-12-42-13-9-38)26-22(32)14-20(31)15-23(26)36-28(19)30(2,3)39-5-4-33-25(40)18-39/h14-17H,4-13,18H2,1-3H3,(H,33,40)(H,35,36). The molecule has 10 nitrogen and oxygen atoms in total. The summed E-state index contributed by atoms with van der Waals surface area (Å²) in [5, 5.41) is 6.61. The van der Waals surface area contributed by atoms with Crippen molar-refractivity contribution in [1.29, 1.82) is 0 Å². The molecule has 2 N–H and O–H groups in total. The van der Waals surface area contributed by atoms with E-state index in [1.807, 2.05) is 37.9 Å². The Bertz CT molecular complexity index is 1490. The minimum atomic E-state index is -0.701. The molecule has 3 aromatic rings. The van der Waals surface area contributed by atoms with E-state index in [2.05, 4.69) is 20.4 Å². The summed E-state index contributed by atoms with van der Waals surface area (Å²) in [6.45, 7) is 12.5. The highest BCUT2D eigenvalue weighted by molar-refractivity contribution is 5.97. The predicted octanol–water partition coefficient (Wildman–Crippen LogP) is 3.30. The van der Waals surface area contributed by atoms with E-state index < -0.39 is 17.2 Å². The van der Waals surface area contributed by atoms with Crippen LogP contribution in [-0.4, -0.2) is 93.0 Å². The van der Waals surface area contributed by atoms with Crippen molar-refractivity contribution in [2.24, 2.45) is 0 Å². The van der Waals surface area contributed by atoms with Crippen LogP contribution in [0, 0.1) is 18.6 Å². The van der Waals surface area contributed by atoms with Crippen molar-refractivity contribution in [1.82, 2.24) is 20.2 Å². The number of hydrogen-bond donors (Lipinski definition) is 2. The second kappa shape index (κ2) is 11.6. The molecule has 0 bridgehead atoms. The maximum absolute atomic E-state index is 15.6. The summed E-state index contributed by atoms with van der Waals surface area (Å²) in [6.07, 6.45) is 1.87. The van der Waals surface area contributed by atoms with Gasteiger partial charge in [0.2, 0.25) is 5.91 Å².